The van der Waals surface area contributed by atoms with E-state index in [-0.39, 0.29) is 17.4 Å². The number of fused-ring (bicyclic) bond motifs is 3. The summed E-state index contributed by atoms with van der Waals surface area (Å²) in [6.07, 6.45) is 7.05. The summed E-state index contributed by atoms with van der Waals surface area (Å²) in [7, 11) is 0. The molecule has 2 aliphatic rings. The minimum Gasteiger partial charge on any atom is -0.360 e. The van der Waals surface area contributed by atoms with Crippen LogP contribution in [0.3, 0.4) is 0 Å². The maximum absolute atomic E-state index is 13.7. The number of amides is 3. The predicted octanol–water partition coefficient (Wildman–Crippen LogP) is 8.23. The van der Waals surface area contributed by atoms with Crippen molar-refractivity contribution in [1.82, 2.24) is 19.7 Å². The number of para-hydroxylation sites is 1. The van der Waals surface area contributed by atoms with E-state index in [9.17, 15) is 9.59 Å². The van der Waals surface area contributed by atoms with Gasteiger partial charge >= 0.3 is 6.03 Å². The van der Waals surface area contributed by atoms with E-state index in [1.807, 2.05) is 79.9 Å². The fraction of sp³-hybridized carbons (Fsp3) is 0.342. The molecule has 3 N–H and O–H groups in total. The molecule has 2 unspecified atom stereocenters. The molecular weight excluding hydrogens is 572 g/mol. The lowest BCUT2D eigenvalue weighted by Crippen LogP contribution is -2.46. The van der Waals surface area contributed by atoms with Crippen LogP contribution in [0.2, 0.25) is 0 Å². The van der Waals surface area contributed by atoms with E-state index in [0.717, 1.165) is 71.2 Å². The fourth-order valence-electron chi connectivity index (χ4n) is 7.23. The third-order valence-corrected chi connectivity index (χ3v) is 9.62. The van der Waals surface area contributed by atoms with Gasteiger partial charge in [-0.15, -0.1) is 0 Å². The Morgan fingerprint density at radius 1 is 0.913 bits per heavy atom. The zero-order chi connectivity index (χ0) is 32.0. The lowest BCUT2D eigenvalue weighted by molar-refractivity contribution is 0.0526. The molecule has 46 heavy (non-hydrogen) atoms. The first-order chi connectivity index (χ1) is 22.1. The average Bonchev–Trinajstić information content (AvgIpc) is 3.72. The Morgan fingerprint density at radius 2 is 1.61 bits per heavy atom. The van der Waals surface area contributed by atoms with Crippen molar-refractivity contribution in [2.45, 2.75) is 77.3 Å². The second-order valence-corrected chi connectivity index (χ2v) is 14.1. The summed E-state index contributed by atoms with van der Waals surface area (Å²) < 4.78 is 1.79. The van der Waals surface area contributed by atoms with E-state index >= 15 is 0 Å². The minimum atomic E-state index is -0.315. The highest BCUT2D eigenvalue weighted by atomic mass is 16.2. The third-order valence-electron chi connectivity index (χ3n) is 9.62. The number of urea groups is 1. The summed E-state index contributed by atoms with van der Waals surface area (Å²) in [5, 5.41) is 11.8. The van der Waals surface area contributed by atoms with Crippen molar-refractivity contribution in [3.63, 3.8) is 0 Å². The molecule has 3 amide bonds. The Bertz CT molecular complexity index is 1870. The maximum Gasteiger partial charge on any atom is 0.324 e. The zero-order valence-electron chi connectivity index (χ0n) is 27.0. The quantitative estimate of drug-likeness (QED) is 0.180. The molecule has 236 valence electrons. The van der Waals surface area contributed by atoms with E-state index in [1.165, 1.54) is 5.56 Å². The maximum atomic E-state index is 13.7. The second kappa shape index (κ2) is 11.8. The van der Waals surface area contributed by atoms with Gasteiger partial charge in [-0.2, -0.15) is 5.10 Å². The highest BCUT2D eigenvalue weighted by Gasteiger charge is 2.43. The Labute approximate surface area is 270 Å². The van der Waals surface area contributed by atoms with E-state index in [1.54, 1.807) is 4.68 Å². The molecule has 2 fully saturated rings. The average molecular weight is 615 g/mol. The first-order valence-corrected chi connectivity index (χ1v) is 16.4. The zero-order valence-corrected chi connectivity index (χ0v) is 27.0. The lowest BCUT2D eigenvalue weighted by atomic mass is 9.85. The first kappa shape index (κ1) is 29.8. The molecule has 2 aromatic heterocycles. The van der Waals surface area contributed by atoms with Crippen molar-refractivity contribution in [3.05, 3.63) is 107 Å². The van der Waals surface area contributed by atoms with Gasteiger partial charge < -0.3 is 15.2 Å². The van der Waals surface area contributed by atoms with Crippen molar-refractivity contribution in [3.8, 4) is 5.69 Å². The predicted molar refractivity (Wildman–Crippen MR) is 184 cm³/mol. The summed E-state index contributed by atoms with van der Waals surface area (Å²) in [6.45, 7) is 8.38. The van der Waals surface area contributed by atoms with Crippen LogP contribution in [-0.2, 0) is 11.8 Å². The SMILES string of the molecule is Cc1ccc(-n2nc(C(C)(C)C)cc2NC(=O)Nc2ccc(CC3CC4CCC(C3)N4C(=O)c3c[nH]c4ccccc34)cc2)cc1. The number of carbonyl (C=O) groups excluding carboxylic acids is 2. The number of piperidine rings is 1. The van der Waals surface area contributed by atoms with Crippen LogP contribution in [0.25, 0.3) is 16.6 Å². The number of nitrogens with zero attached hydrogens (tertiary/aromatic N) is 3. The molecule has 7 rings (SSSR count). The standard InChI is InChI=1S/C38H42N6O2/c1-24-9-15-28(16-10-24)44-35(22-34(42-44)38(2,3)4)41-37(46)40-27-13-11-25(12-14-27)19-26-20-29-17-18-30(21-26)43(29)36(45)32-23-39-33-8-6-5-7-31(32)33/h5-16,22-23,26,29-30,39H,17-21H2,1-4H3,(H2,40,41,46). The van der Waals surface area contributed by atoms with Crippen LogP contribution < -0.4 is 10.6 Å². The molecule has 2 bridgehead atoms. The van der Waals surface area contributed by atoms with E-state index < -0.39 is 0 Å². The van der Waals surface area contributed by atoms with Crippen LogP contribution >= 0.6 is 0 Å². The van der Waals surface area contributed by atoms with Crippen LogP contribution in [-0.4, -0.2) is 43.7 Å². The monoisotopic (exact) mass is 614 g/mol. The number of aromatic nitrogens is 3. The van der Waals surface area contributed by atoms with Crippen LogP contribution in [0.4, 0.5) is 16.3 Å². The normalized spacial score (nSPS) is 19.4. The molecule has 2 saturated heterocycles. The van der Waals surface area contributed by atoms with Gasteiger partial charge in [0.1, 0.15) is 5.82 Å². The van der Waals surface area contributed by atoms with E-state index in [2.05, 4.69) is 53.4 Å². The molecule has 0 aliphatic carbocycles. The van der Waals surface area contributed by atoms with E-state index in [0.29, 0.717) is 23.8 Å². The Kier molecular flexibility index (Phi) is 7.67. The molecule has 0 spiro atoms. The Hall–Kier alpha value is -4.85. The van der Waals surface area contributed by atoms with Crippen molar-refractivity contribution in [1.29, 1.82) is 0 Å². The number of aromatic amines is 1. The van der Waals surface area contributed by atoms with Crippen LogP contribution in [0.5, 0.6) is 0 Å². The first-order valence-electron chi connectivity index (χ1n) is 16.4. The van der Waals surface area contributed by atoms with Crippen LogP contribution in [0, 0.1) is 12.8 Å². The third kappa shape index (κ3) is 5.91. The van der Waals surface area contributed by atoms with Crippen LogP contribution in [0.15, 0.2) is 85.1 Å². The van der Waals surface area contributed by atoms with Gasteiger partial charge in [0.15, 0.2) is 0 Å². The van der Waals surface area contributed by atoms with Gasteiger partial charge in [0.25, 0.3) is 5.91 Å². The van der Waals surface area contributed by atoms with E-state index in [4.69, 9.17) is 5.10 Å². The highest BCUT2D eigenvalue weighted by Crippen LogP contribution is 2.41. The smallest absolute Gasteiger partial charge is 0.324 e. The number of anilines is 2. The molecule has 3 aromatic carbocycles. The molecule has 5 aromatic rings. The Balaban J connectivity index is 0.977. The second-order valence-electron chi connectivity index (χ2n) is 14.1. The molecule has 2 aliphatic heterocycles. The summed E-state index contributed by atoms with van der Waals surface area (Å²) in [6, 6.07) is 26.5. The number of nitrogens with one attached hydrogen (secondary N) is 3. The number of hydrogen-bond acceptors (Lipinski definition) is 3. The molecule has 0 saturated carbocycles. The summed E-state index contributed by atoms with van der Waals surface area (Å²) in [5.74, 6) is 1.31. The molecule has 8 heteroatoms. The van der Waals surface area contributed by atoms with Gasteiger partial charge in [0, 0.05) is 46.4 Å². The molecule has 0 radical (unpaired) electrons. The van der Waals surface area contributed by atoms with Crippen molar-refractivity contribution < 1.29 is 9.59 Å². The molecule has 2 atom stereocenters. The molecule has 4 heterocycles. The van der Waals surface area contributed by atoms with Gasteiger partial charge in [0.05, 0.1) is 16.9 Å². The summed E-state index contributed by atoms with van der Waals surface area (Å²) in [4.78, 5) is 32.2. The van der Waals surface area contributed by atoms with Crippen molar-refractivity contribution in [2.75, 3.05) is 10.6 Å². The fourth-order valence-corrected chi connectivity index (χ4v) is 7.23. The topological polar surface area (TPSA) is 95.1 Å². The van der Waals surface area contributed by atoms with Gasteiger partial charge in [-0.1, -0.05) is 68.8 Å². The number of benzene rings is 3. The summed E-state index contributed by atoms with van der Waals surface area (Å²) in [5.41, 5.74) is 6.56. The number of H-pyrrole nitrogens is 1. The summed E-state index contributed by atoms with van der Waals surface area (Å²) >= 11 is 0. The largest absolute Gasteiger partial charge is 0.360 e. The van der Waals surface area contributed by atoms with Gasteiger partial charge in [-0.3, -0.25) is 10.1 Å². The van der Waals surface area contributed by atoms with Crippen molar-refractivity contribution >= 4 is 34.3 Å². The van der Waals surface area contributed by atoms with Crippen molar-refractivity contribution in [2.24, 2.45) is 5.92 Å². The number of aryl methyl sites for hydroxylation is 1. The molecular formula is C38H42N6O2. The van der Waals surface area contributed by atoms with Gasteiger partial charge in [-0.25, -0.2) is 9.48 Å². The number of hydrogen-bond donors (Lipinski definition) is 3. The number of carbonyl (C=O) groups is 2. The minimum absolute atomic E-state index is 0.161. The highest BCUT2D eigenvalue weighted by molar-refractivity contribution is 6.07. The van der Waals surface area contributed by atoms with Gasteiger partial charge in [0.2, 0.25) is 0 Å². The number of rotatable bonds is 6. The Morgan fingerprint density at radius 3 is 2.30 bits per heavy atom. The van der Waals surface area contributed by atoms with Crippen LogP contribution in [0.1, 0.15) is 73.6 Å². The van der Waals surface area contributed by atoms with Gasteiger partial charge in [-0.05, 0) is 80.8 Å². The molecule has 8 nitrogen and oxygen atoms in total. The lowest BCUT2D eigenvalue weighted by Gasteiger charge is -2.39.